The van der Waals surface area contributed by atoms with Gasteiger partial charge in [-0.2, -0.15) is 0 Å². The van der Waals surface area contributed by atoms with Gasteiger partial charge >= 0.3 is 0 Å². The number of amides is 1. The molecule has 0 unspecified atom stereocenters. The number of thioether (sulfide) groups is 1. The Morgan fingerprint density at radius 3 is 2.74 bits per heavy atom. The lowest BCUT2D eigenvalue weighted by molar-refractivity contribution is -0.118. The van der Waals surface area contributed by atoms with Crippen LogP contribution in [0.2, 0.25) is 0 Å². The highest BCUT2D eigenvalue weighted by Crippen LogP contribution is 2.20. The lowest BCUT2D eigenvalue weighted by Crippen LogP contribution is -2.26. The van der Waals surface area contributed by atoms with Crippen LogP contribution in [-0.2, 0) is 11.3 Å². The third kappa shape index (κ3) is 4.75. The number of carbonyl (C=O) groups excluding carboxylic acids is 1. The molecule has 0 fully saturated rings. The quantitative estimate of drug-likeness (QED) is 0.357. The Balaban J connectivity index is 1.55. The second-order valence-electron chi connectivity index (χ2n) is 6.66. The van der Waals surface area contributed by atoms with Gasteiger partial charge in [-0.1, -0.05) is 42.1 Å². The number of aromatic nitrogens is 3. The van der Waals surface area contributed by atoms with E-state index in [-0.39, 0.29) is 17.2 Å². The molecule has 31 heavy (non-hydrogen) atoms. The predicted molar refractivity (Wildman–Crippen MR) is 121 cm³/mol. The van der Waals surface area contributed by atoms with Crippen LogP contribution in [0.4, 0.5) is 0 Å². The van der Waals surface area contributed by atoms with Gasteiger partial charge in [-0.3, -0.25) is 14.2 Å². The summed E-state index contributed by atoms with van der Waals surface area (Å²) in [7, 11) is 1.60. The number of benzene rings is 2. The number of para-hydroxylation sites is 1. The Labute approximate surface area is 183 Å². The molecule has 7 nitrogen and oxygen atoms in total. The van der Waals surface area contributed by atoms with E-state index in [2.05, 4.69) is 15.3 Å². The van der Waals surface area contributed by atoms with Crippen molar-refractivity contribution >= 4 is 28.7 Å². The molecule has 4 aromatic rings. The lowest BCUT2D eigenvalue weighted by Gasteiger charge is -2.13. The molecule has 0 bridgehead atoms. The van der Waals surface area contributed by atoms with Crippen LogP contribution in [0.3, 0.4) is 0 Å². The number of hydrogen-bond donors (Lipinski definition) is 1. The fraction of sp³-hybridized carbons (Fsp3) is 0.130. The molecule has 0 radical (unpaired) electrons. The molecule has 1 N–H and O–H groups in total. The molecule has 1 amide bonds. The zero-order valence-electron chi connectivity index (χ0n) is 16.8. The predicted octanol–water partition coefficient (Wildman–Crippen LogP) is 3.20. The summed E-state index contributed by atoms with van der Waals surface area (Å²) in [5, 5.41) is 3.73. The van der Waals surface area contributed by atoms with E-state index < -0.39 is 0 Å². The number of methoxy groups -OCH3 is 1. The maximum absolute atomic E-state index is 13.1. The van der Waals surface area contributed by atoms with Crippen molar-refractivity contribution in [1.82, 2.24) is 19.9 Å². The Hall–Kier alpha value is -3.65. The molecule has 0 spiro atoms. The Morgan fingerprint density at radius 2 is 1.94 bits per heavy atom. The second-order valence-corrected chi connectivity index (χ2v) is 7.60. The molecule has 0 aliphatic carbocycles. The zero-order valence-corrected chi connectivity index (χ0v) is 17.6. The third-order valence-corrected chi connectivity index (χ3v) is 5.52. The van der Waals surface area contributed by atoms with Crippen molar-refractivity contribution in [3.05, 3.63) is 88.8 Å². The van der Waals surface area contributed by atoms with E-state index in [1.54, 1.807) is 25.4 Å². The van der Waals surface area contributed by atoms with E-state index in [0.717, 1.165) is 11.3 Å². The van der Waals surface area contributed by atoms with Crippen molar-refractivity contribution in [3.63, 3.8) is 0 Å². The number of hydrogen-bond acceptors (Lipinski definition) is 6. The number of fused-ring (bicyclic) bond motifs is 1. The van der Waals surface area contributed by atoms with Gasteiger partial charge in [0.1, 0.15) is 5.75 Å². The van der Waals surface area contributed by atoms with Crippen molar-refractivity contribution in [1.29, 1.82) is 0 Å². The van der Waals surface area contributed by atoms with Gasteiger partial charge in [0.2, 0.25) is 5.91 Å². The molecular formula is C23H20N4O3S. The number of ether oxygens (including phenoxy) is 1. The minimum atomic E-state index is -0.219. The summed E-state index contributed by atoms with van der Waals surface area (Å²) >= 11 is 1.20. The van der Waals surface area contributed by atoms with E-state index in [0.29, 0.717) is 28.4 Å². The van der Waals surface area contributed by atoms with Crippen molar-refractivity contribution in [3.8, 4) is 11.4 Å². The molecular weight excluding hydrogens is 412 g/mol. The molecule has 0 atom stereocenters. The molecule has 4 rings (SSSR count). The van der Waals surface area contributed by atoms with Gasteiger partial charge in [0.25, 0.3) is 5.56 Å². The van der Waals surface area contributed by atoms with Crippen LogP contribution in [0.15, 0.2) is 82.9 Å². The van der Waals surface area contributed by atoms with Crippen molar-refractivity contribution < 1.29 is 9.53 Å². The van der Waals surface area contributed by atoms with Crippen molar-refractivity contribution in [2.24, 2.45) is 0 Å². The monoisotopic (exact) mass is 432 g/mol. The number of carbonyl (C=O) groups is 1. The largest absolute Gasteiger partial charge is 0.497 e. The van der Waals surface area contributed by atoms with Gasteiger partial charge in [-0.15, -0.1) is 0 Å². The topological polar surface area (TPSA) is 86.1 Å². The first-order valence-electron chi connectivity index (χ1n) is 9.61. The number of nitrogens with one attached hydrogen (secondary N) is 1. The Bertz CT molecular complexity index is 1270. The van der Waals surface area contributed by atoms with Crippen LogP contribution in [0.1, 0.15) is 5.56 Å². The maximum atomic E-state index is 13.1. The van der Waals surface area contributed by atoms with E-state index in [1.165, 1.54) is 16.3 Å². The van der Waals surface area contributed by atoms with E-state index in [9.17, 15) is 9.59 Å². The standard InChI is InChI=1S/C23H20N4O3S/c1-30-18-10-5-7-16(13-18)14-25-20(28)15-31-23-26-21-19(11-6-12-24-21)22(29)27(23)17-8-3-2-4-9-17/h2-13H,14-15H2,1H3,(H,25,28). The summed E-state index contributed by atoms with van der Waals surface area (Å²) in [4.78, 5) is 34.3. The molecule has 0 saturated carbocycles. The highest BCUT2D eigenvalue weighted by molar-refractivity contribution is 7.99. The molecule has 0 saturated heterocycles. The van der Waals surface area contributed by atoms with Gasteiger partial charge in [0.05, 0.1) is 23.9 Å². The van der Waals surface area contributed by atoms with Crippen LogP contribution in [0, 0.1) is 0 Å². The smallest absolute Gasteiger partial charge is 0.268 e. The van der Waals surface area contributed by atoms with E-state index >= 15 is 0 Å². The summed E-state index contributed by atoms with van der Waals surface area (Å²) < 4.78 is 6.72. The average Bonchev–Trinajstić information content (AvgIpc) is 2.82. The fourth-order valence-corrected chi connectivity index (χ4v) is 3.90. The van der Waals surface area contributed by atoms with Gasteiger partial charge in [-0.25, -0.2) is 9.97 Å². The van der Waals surface area contributed by atoms with Crippen LogP contribution in [0.25, 0.3) is 16.7 Å². The second kappa shape index (κ2) is 9.44. The minimum Gasteiger partial charge on any atom is -0.497 e. The van der Waals surface area contributed by atoms with E-state index in [1.807, 2.05) is 54.6 Å². The molecule has 8 heteroatoms. The van der Waals surface area contributed by atoms with Gasteiger partial charge in [0.15, 0.2) is 10.8 Å². The first-order chi connectivity index (χ1) is 15.2. The first kappa shape index (κ1) is 20.6. The summed E-state index contributed by atoms with van der Waals surface area (Å²) in [5.41, 5.74) is 1.76. The molecule has 0 aliphatic rings. The zero-order chi connectivity index (χ0) is 21.6. The summed E-state index contributed by atoms with van der Waals surface area (Å²) in [6.07, 6.45) is 1.59. The van der Waals surface area contributed by atoms with Crippen molar-refractivity contribution in [2.75, 3.05) is 12.9 Å². The van der Waals surface area contributed by atoms with Crippen LogP contribution >= 0.6 is 11.8 Å². The summed E-state index contributed by atoms with van der Waals surface area (Å²) in [6.45, 7) is 0.384. The summed E-state index contributed by atoms with van der Waals surface area (Å²) in [6, 6.07) is 20.2. The lowest BCUT2D eigenvalue weighted by atomic mass is 10.2. The van der Waals surface area contributed by atoms with Crippen LogP contribution in [-0.4, -0.2) is 33.3 Å². The highest BCUT2D eigenvalue weighted by atomic mass is 32.2. The number of rotatable bonds is 7. The number of nitrogens with zero attached hydrogens (tertiary/aromatic N) is 3. The third-order valence-electron chi connectivity index (χ3n) is 4.58. The van der Waals surface area contributed by atoms with Gasteiger partial charge < -0.3 is 10.1 Å². The Kier molecular flexibility index (Phi) is 6.28. The van der Waals surface area contributed by atoms with E-state index in [4.69, 9.17) is 4.74 Å². The molecule has 0 aliphatic heterocycles. The Morgan fingerprint density at radius 1 is 1.10 bits per heavy atom. The highest BCUT2D eigenvalue weighted by Gasteiger charge is 2.15. The molecule has 156 valence electrons. The van der Waals surface area contributed by atoms with Crippen LogP contribution < -0.4 is 15.6 Å². The van der Waals surface area contributed by atoms with Gasteiger partial charge in [0, 0.05) is 12.7 Å². The average molecular weight is 433 g/mol. The van der Waals surface area contributed by atoms with Gasteiger partial charge in [-0.05, 0) is 42.0 Å². The normalized spacial score (nSPS) is 10.7. The van der Waals surface area contributed by atoms with Crippen LogP contribution in [0.5, 0.6) is 5.75 Å². The molecule has 2 aromatic carbocycles. The number of pyridine rings is 1. The minimum absolute atomic E-state index is 0.113. The SMILES string of the molecule is COc1cccc(CNC(=O)CSc2nc3ncccc3c(=O)n2-c2ccccc2)c1. The van der Waals surface area contributed by atoms with Crippen molar-refractivity contribution in [2.45, 2.75) is 11.7 Å². The molecule has 2 heterocycles. The maximum Gasteiger partial charge on any atom is 0.268 e. The first-order valence-corrected chi connectivity index (χ1v) is 10.6. The fourth-order valence-electron chi connectivity index (χ4n) is 3.07. The molecule has 2 aromatic heterocycles. The summed E-state index contributed by atoms with van der Waals surface area (Å²) in [5.74, 6) is 0.686.